The molecule has 0 spiro atoms. The van der Waals surface area contributed by atoms with E-state index in [1.54, 1.807) is 6.92 Å². The van der Waals surface area contributed by atoms with Crippen molar-refractivity contribution >= 4 is 11.9 Å². The van der Waals surface area contributed by atoms with Gasteiger partial charge in [0.25, 0.3) is 5.91 Å². The number of benzene rings is 2. The van der Waals surface area contributed by atoms with Gasteiger partial charge in [0.05, 0.1) is 19.3 Å². The van der Waals surface area contributed by atoms with E-state index in [0.29, 0.717) is 0 Å². The van der Waals surface area contributed by atoms with Crippen molar-refractivity contribution in [1.82, 2.24) is 10.2 Å². The highest BCUT2D eigenvalue weighted by atomic mass is 16.5. The minimum atomic E-state index is -0.975. The normalized spacial score (nSPS) is 23.4. The summed E-state index contributed by atoms with van der Waals surface area (Å²) < 4.78 is 6.13. The van der Waals surface area contributed by atoms with E-state index in [1.165, 1.54) is 0 Å². The summed E-state index contributed by atoms with van der Waals surface area (Å²) in [5.74, 6) is -0.0663. The zero-order valence-corrected chi connectivity index (χ0v) is 17.4. The number of urea groups is 1. The Balaban J connectivity index is 1.44. The summed E-state index contributed by atoms with van der Waals surface area (Å²) in [5.41, 5.74) is 2.25. The van der Waals surface area contributed by atoms with Crippen LogP contribution in [0.1, 0.15) is 42.6 Å². The fraction of sp³-hybridized carbons (Fsp3) is 0.417. The van der Waals surface area contributed by atoms with Gasteiger partial charge in [0.2, 0.25) is 0 Å². The van der Waals surface area contributed by atoms with Crippen LogP contribution in [0.15, 0.2) is 54.6 Å². The van der Waals surface area contributed by atoms with Gasteiger partial charge in [0.1, 0.15) is 11.6 Å². The van der Waals surface area contributed by atoms with Gasteiger partial charge < -0.3 is 15.2 Å². The lowest BCUT2D eigenvalue weighted by Crippen LogP contribution is -2.46. The summed E-state index contributed by atoms with van der Waals surface area (Å²) in [4.78, 5) is 26.2. The third kappa shape index (κ3) is 3.98. The Kier molecular flexibility index (Phi) is 5.62. The van der Waals surface area contributed by atoms with Crippen LogP contribution >= 0.6 is 0 Å². The quantitative estimate of drug-likeness (QED) is 0.658. The molecule has 1 aliphatic carbocycles. The summed E-state index contributed by atoms with van der Waals surface area (Å²) in [6, 6.07) is 17.4. The Morgan fingerprint density at radius 3 is 2.47 bits per heavy atom. The van der Waals surface area contributed by atoms with Crippen LogP contribution in [0, 0.1) is 12.8 Å². The number of imide groups is 1. The van der Waals surface area contributed by atoms with E-state index in [9.17, 15) is 14.7 Å². The first-order chi connectivity index (χ1) is 14.4. The number of aliphatic hydroxyl groups is 1. The molecule has 158 valence electrons. The van der Waals surface area contributed by atoms with Crippen LogP contribution in [-0.4, -0.2) is 46.7 Å². The van der Waals surface area contributed by atoms with Gasteiger partial charge in [0.15, 0.2) is 0 Å². The van der Waals surface area contributed by atoms with Crippen molar-refractivity contribution in [2.24, 2.45) is 5.92 Å². The molecule has 1 saturated heterocycles. The number of carbonyl (C=O) groups is 2. The zero-order valence-electron chi connectivity index (χ0n) is 17.4. The van der Waals surface area contributed by atoms with Crippen LogP contribution in [0.5, 0.6) is 0 Å². The predicted molar refractivity (Wildman–Crippen MR) is 113 cm³/mol. The second-order valence-corrected chi connectivity index (χ2v) is 8.46. The first-order valence-corrected chi connectivity index (χ1v) is 10.4. The Morgan fingerprint density at radius 2 is 1.80 bits per heavy atom. The monoisotopic (exact) mass is 408 g/mol. The molecular weight excluding hydrogens is 380 g/mol. The maximum atomic E-state index is 12.8. The summed E-state index contributed by atoms with van der Waals surface area (Å²) >= 11 is 0. The van der Waals surface area contributed by atoms with Crippen LogP contribution in [0.3, 0.4) is 0 Å². The van der Waals surface area contributed by atoms with Gasteiger partial charge in [-0.3, -0.25) is 9.69 Å². The topological polar surface area (TPSA) is 78.9 Å². The molecule has 0 aromatic heterocycles. The molecule has 1 heterocycles. The van der Waals surface area contributed by atoms with E-state index >= 15 is 0 Å². The van der Waals surface area contributed by atoms with Gasteiger partial charge in [-0.15, -0.1) is 0 Å². The van der Waals surface area contributed by atoms with Gasteiger partial charge in [0, 0.05) is 0 Å². The molecular formula is C24H28N2O4. The largest absolute Gasteiger partial charge is 0.389 e. The first kappa shape index (κ1) is 20.6. The molecule has 0 bridgehead atoms. The maximum Gasteiger partial charge on any atom is 0.325 e. The van der Waals surface area contributed by atoms with Gasteiger partial charge >= 0.3 is 6.03 Å². The lowest BCUT2D eigenvalue weighted by atomic mass is 9.96. The van der Waals surface area contributed by atoms with E-state index < -0.39 is 17.7 Å². The van der Waals surface area contributed by atoms with E-state index in [1.807, 2.05) is 61.5 Å². The number of ether oxygens (including phenoxy) is 1. The summed E-state index contributed by atoms with van der Waals surface area (Å²) in [5, 5.41) is 13.4. The van der Waals surface area contributed by atoms with Gasteiger partial charge in [-0.25, -0.2) is 4.79 Å². The molecule has 2 aromatic rings. The second kappa shape index (κ2) is 8.20. The predicted octanol–water partition coefficient (Wildman–Crippen LogP) is 3.18. The van der Waals surface area contributed by atoms with E-state index in [2.05, 4.69) is 5.32 Å². The highest BCUT2D eigenvalue weighted by Crippen LogP contribution is 2.42. The third-order valence-electron chi connectivity index (χ3n) is 6.12. The van der Waals surface area contributed by atoms with Gasteiger partial charge in [-0.2, -0.15) is 0 Å². The average Bonchev–Trinajstić information content (AvgIpc) is 3.56. The van der Waals surface area contributed by atoms with Crippen molar-refractivity contribution in [3.63, 3.8) is 0 Å². The molecule has 0 radical (unpaired) electrons. The molecule has 6 nitrogen and oxygen atoms in total. The number of hydrogen-bond donors (Lipinski definition) is 2. The van der Waals surface area contributed by atoms with Gasteiger partial charge in [-0.1, -0.05) is 54.6 Å². The van der Waals surface area contributed by atoms with Gasteiger partial charge in [-0.05, 0) is 49.3 Å². The van der Waals surface area contributed by atoms with Crippen molar-refractivity contribution < 1.29 is 19.4 Å². The molecule has 3 atom stereocenters. The smallest absolute Gasteiger partial charge is 0.325 e. The minimum Gasteiger partial charge on any atom is -0.389 e. The number of amides is 3. The zero-order chi connectivity index (χ0) is 21.3. The molecule has 2 aromatic carbocycles. The molecule has 6 heteroatoms. The number of nitrogens with one attached hydrogen (secondary N) is 1. The number of aliphatic hydroxyl groups excluding tert-OH is 1. The summed E-state index contributed by atoms with van der Waals surface area (Å²) in [6.07, 6.45) is 0.562. The summed E-state index contributed by atoms with van der Waals surface area (Å²) in [6.45, 7) is 3.72. The summed E-state index contributed by atoms with van der Waals surface area (Å²) in [7, 11) is 0. The van der Waals surface area contributed by atoms with Crippen molar-refractivity contribution in [3.05, 3.63) is 71.3 Å². The van der Waals surface area contributed by atoms with E-state index in [-0.39, 0.29) is 31.1 Å². The maximum absolute atomic E-state index is 12.8. The van der Waals surface area contributed by atoms with Crippen LogP contribution in [0.25, 0.3) is 0 Å². The first-order valence-electron chi connectivity index (χ1n) is 10.4. The minimum absolute atomic E-state index is 0.00506. The Bertz CT molecular complexity index is 928. The van der Waals surface area contributed by atoms with Crippen LogP contribution in [-0.2, 0) is 9.53 Å². The number of hydrogen-bond acceptors (Lipinski definition) is 4. The van der Waals surface area contributed by atoms with Crippen molar-refractivity contribution in [1.29, 1.82) is 0 Å². The number of aryl methyl sites for hydroxylation is 1. The molecule has 1 aliphatic heterocycles. The number of nitrogens with zero attached hydrogens (tertiary/aromatic N) is 1. The number of β-amino-alcohol motifs (C(OH)–C–C–N with tert-alkyl or cyclic N) is 1. The lowest BCUT2D eigenvalue weighted by molar-refractivity contribution is -0.132. The molecule has 2 aliphatic rings. The molecule has 0 unspecified atom stereocenters. The average molecular weight is 408 g/mol. The SMILES string of the molecule is Cc1ccccc1[C@H](OC[C@@H](O)CN1C(=O)N[C@@](C)(C2CC2)C1=O)c1ccccc1. The third-order valence-corrected chi connectivity index (χ3v) is 6.12. The molecule has 30 heavy (non-hydrogen) atoms. The number of rotatable bonds is 8. The number of carbonyl (C=O) groups excluding carboxylic acids is 2. The highest BCUT2D eigenvalue weighted by Gasteiger charge is 2.56. The standard InChI is InChI=1S/C24H28N2O4/c1-16-8-6-7-11-20(16)21(17-9-4-3-5-10-17)30-15-19(27)14-26-22(28)24(2,18-12-13-18)25-23(26)29/h3-11,18-19,21,27H,12-15H2,1-2H3,(H,25,29)/t19-,21+,24-/m0/s1. The highest BCUT2D eigenvalue weighted by molar-refractivity contribution is 6.07. The van der Waals surface area contributed by atoms with E-state index in [0.717, 1.165) is 34.4 Å². The molecule has 2 N–H and O–H groups in total. The Morgan fingerprint density at radius 1 is 1.13 bits per heavy atom. The fourth-order valence-corrected chi connectivity index (χ4v) is 4.16. The molecule has 3 amide bonds. The molecule has 1 saturated carbocycles. The van der Waals surface area contributed by atoms with Crippen molar-refractivity contribution in [2.45, 2.75) is 44.4 Å². The Labute approximate surface area is 176 Å². The molecule has 4 rings (SSSR count). The van der Waals surface area contributed by atoms with E-state index in [4.69, 9.17) is 4.74 Å². The van der Waals surface area contributed by atoms with Crippen molar-refractivity contribution in [2.75, 3.05) is 13.2 Å². The van der Waals surface area contributed by atoms with Crippen LogP contribution in [0.4, 0.5) is 4.79 Å². The molecule has 2 fully saturated rings. The lowest BCUT2D eigenvalue weighted by Gasteiger charge is -2.24. The Hall–Kier alpha value is -2.70. The second-order valence-electron chi connectivity index (χ2n) is 8.46. The fourth-order valence-electron chi connectivity index (χ4n) is 4.16. The van der Waals surface area contributed by atoms with Crippen LogP contribution in [0.2, 0.25) is 0 Å². The van der Waals surface area contributed by atoms with Crippen molar-refractivity contribution in [3.8, 4) is 0 Å². The van der Waals surface area contributed by atoms with Crippen LogP contribution < -0.4 is 5.32 Å².